The molecule has 2 aromatic rings. The van der Waals surface area contributed by atoms with E-state index in [9.17, 15) is 9.59 Å². The Labute approximate surface area is 202 Å². The first-order valence-electron chi connectivity index (χ1n) is 12.8. The third-order valence-electron chi connectivity index (χ3n) is 7.29. The van der Waals surface area contributed by atoms with Crippen LogP contribution in [-0.2, 0) is 16.1 Å². The van der Waals surface area contributed by atoms with Crippen LogP contribution in [0.1, 0.15) is 76.2 Å². The van der Waals surface area contributed by atoms with Crippen molar-refractivity contribution in [3.63, 3.8) is 0 Å². The highest BCUT2D eigenvalue weighted by Gasteiger charge is 2.47. The van der Waals surface area contributed by atoms with Gasteiger partial charge in [0.05, 0.1) is 25.3 Å². The molecule has 0 bridgehead atoms. The van der Waals surface area contributed by atoms with Gasteiger partial charge in [0.25, 0.3) is 5.91 Å². The molecular weight excluding hydrogens is 430 g/mol. The smallest absolute Gasteiger partial charge is 0.271 e. The number of rotatable bonds is 8. The van der Waals surface area contributed by atoms with Crippen LogP contribution >= 0.6 is 0 Å². The number of benzene rings is 1. The molecule has 186 valence electrons. The quantitative estimate of drug-likeness (QED) is 0.456. The fourth-order valence-electron chi connectivity index (χ4n) is 5.31. The van der Waals surface area contributed by atoms with Gasteiger partial charge in [0.1, 0.15) is 17.0 Å². The van der Waals surface area contributed by atoms with Gasteiger partial charge in [-0.05, 0) is 58.2 Å². The Hall–Kier alpha value is -2.54. The minimum atomic E-state index is -0.983. The second kappa shape index (κ2) is 10.4. The first-order valence-corrected chi connectivity index (χ1v) is 12.8. The van der Waals surface area contributed by atoms with Crippen molar-refractivity contribution in [2.75, 3.05) is 20.3 Å². The number of fused-ring (bicyclic) bond motifs is 3. The van der Waals surface area contributed by atoms with Crippen molar-refractivity contribution < 1.29 is 19.1 Å². The van der Waals surface area contributed by atoms with Gasteiger partial charge in [0.15, 0.2) is 0 Å². The lowest BCUT2D eigenvalue weighted by molar-refractivity contribution is -0.133. The number of hydrogen-bond donors (Lipinski definition) is 1. The highest BCUT2D eigenvalue weighted by molar-refractivity contribution is 6.03. The first kappa shape index (κ1) is 24.6. The molecule has 4 rings (SSSR count). The summed E-state index contributed by atoms with van der Waals surface area (Å²) in [4.78, 5) is 29.4. The van der Waals surface area contributed by atoms with Crippen LogP contribution in [0.25, 0.3) is 10.9 Å². The largest absolute Gasteiger partial charge is 0.497 e. The molecule has 0 radical (unpaired) electrons. The summed E-state index contributed by atoms with van der Waals surface area (Å²) in [6.45, 7) is 7.36. The van der Waals surface area contributed by atoms with Gasteiger partial charge in [-0.15, -0.1) is 0 Å². The van der Waals surface area contributed by atoms with Crippen molar-refractivity contribution in [2.24, 2.45) is 0 Å². The molecule has 1 unspecified atom stereocenters. The van der Waals surface area contributed by atoms with E-state index in [1.165, 1.54) is 12.8 Å². The second-order valence-electron chi connectivity index (χ2n) is 10.2. The second-order valence-corrected chi connectivity index (χ2v) is 10.2. The number of carbonyl (C=O) groups is 2. The van der Waals surface area contributed by atoms with Crippen LogP contribution in [0.15, 0.2) is 24.3 Å². The summed E-state index contributed by atoms with van der Waals surface area (Å²) in [5.74, 6) is 0.566. The topological polar surface area (TPSA) is 72.8 Å². The monoisotopic (exact) mass is 469 g/mol. The lowest BCUT2D eigenvalue weighted by Crippen LogP contribution is -2.65. The van der Waals surface area contributed by atoms with Gasteiger partial charge in [-0.1, -0.05) is 25.7 Å². The summed E-state index contributed by atoms with van der Waals surface area (Å²) in [6.07, 6.45) is 7.57. The van der Waals surface area contributed by atoms with Gasteiger partial charge >= 0.3 is 0 Å². The van der Waals surface area contributed by atoms with Crippen LogP contribution < -0.4 is 10.1 Å². The summed E-state index contributed by atoms with van der Waals surface area (Å²) >= 11 is 0. The van der Waals surface area contributed by atoms with E-state index in [0.29, 0.717) is 31.8 Å². The summed E-state index contributed by atoms with van der Waals surface area (Å²) in [7, 11) is 1.64. The molecule has 1 fully saturated rings. The first-order chi connectivity index (χ1) is 16.3. The maximum Gasteiger partial charge on any atom is 0.271 e. The normalized spacial score (nSPS) is 21.6. The lowest BCUT2D eigenvalue weighted by Gasteiger charge is -2.44. The van der Waals surface area contributed by atoms with Crippen LogP contribution in [0, 0.1) is 0 Å². The number of carbonyl (C=O) groups excluding carboxylic acids is 2. The van der Waals surface area contributed by atoms with Crippen molar-refractivity contribution in [3.05, 3.63) is 30.0 Å². The van der Waals surface area contributed by atoms with Crippen molar-refractivity contribution >= 4 is 22.7 Å². The molecule has 1 aromatic heterocycles. The average Bonchev–Trinajstić information content (AvgIpc) is 2.97. The lowest BCUT2D eigenvalue weighted by atomic mass is 9.93. The Morgan fingerprint density at radius 2 is 1.91 bits per heavy atom. The molecule has 1 aliphatic heterocycles. The Morgan fingerprint density at radius 1 is 1.18 bits per heavy atom. The van der Waals surface area contributed by atoms with Gasteiger partial charge in [0, 0.05) is 30.6 Å². The van der Waals surface area contributed by atoms with Crippen LogP contribution in [0.5, 0.6) is 5.75 Å². The van der Waals surface area contributed by atoms with E-state index in [1.54, 1.807) is 12.0 Å². The molecule has 1 aliphatic carbocycles. The van der Waals surface area contributed by atoms with E-state index in [-0.39, 0.29) is 24.0 Å². The molecule has 1 atom stereocenters. The third-order valence-corrected chi connectivity index (χ3v) is 7.29. The highest BCUT2D eigenvalue weighted by Crippen LogP contribution is 2.34. The average molecular weight is 470 g/mol. The minimum Gasteiger partial charge on any atom is -0.497 e. The van der Waals surface area contributed by atoms with Crippen molar-refractivity contribution in [3.8, 4) is 5.75 Å². The van der Waals surface area contributed by atoms with Crippen molar-refractivity contribution in [2.45, 2.75) is 89.9 Å². The molecule has 1 aromatic carbocycles. The maximum absolute atomic E-state index is 13.8. The van der Waals surface area contributed by atoms with Crippen LogP contribution in [0.4, 0.5) is 0 Å². The predicted octanol–water partition coefficient (Wildman–Crippen LogP) is 4.52. The van der Waals surface area contributed by atoms with E-state index < -0.39 is 5.54 Å². The Bertz CT molecular complexity index is 1020. The molecule has 2 aliphatic rings. The number of ether oxygens (including phenoxy) is 2. The molecule has 1 N–H and O–H groups in total. The van der Waals surface area contributed by atoms with Crippen LogP contribution in [0.2, 0.25) is 0 Å². The van der Waals surface area contributed by atoms with Gasteiger partial charge in [-0.25, -0.2) is 0 Å². The number of nitrogens with zero attached hydrogens (tertiary/aromatic N) is 2. The number of methoxy groups -OCH3 is 1. The van der Waals surface area contributed by atoms with Gasteiger partial charge in [-0.3, -0.25) is 9.59 Å². The SMILES string of the molecule is COc1ccc2cc3n(c2c1)CC(C)(C(=O)NC1CCCCCC1)N(CCCOC(C)C)C3=O. The fourth-order valence-corrected chi connectivity index (χ4v) is 5.31. The summed E-state index contributed by atoms with van der Waals surface area (Å²) < 4.78 is 13.1. The zero-order chi connectivity index (χ0) is 24.3. The Kier molecular flexibility index (Phi) is 7.51. The molecule has 34 heavy (non-hydrogen) atoms. The molecule has 0 spiro atoms. The van der Waals surface area contributed by atoms with E-state index in [1.807, 2.05) is 49.6 Å². The molecule has 7 heteroatoms. The summed E-state index contributed by atoms with van der Waals surface area (Å²) in [5.41, 5.74) is 0.551. The number of amides is 2. The predicted molar refractivity (Wildman–Crippen MR) is 133 cm³/mol. The summed E-state index contributed by atoms with van der Waals surface area (Å²) in [6, 6.07) is 7.92. The number of nitrogens with one attached hydrogen (secondary N) is 1. The molecule has 7 nitrogen and oxygen atoms in total. The number of aromatic nitrogens is 1. The molecule has 2 heterocycles. The zero-order valence-corrected chi connectivity index (χ0v) is 21.1. The van der Waals surface area contributed by atoms with E-state index in [0.717, 1.165) is 42.3 Å². The fraction of sp³-hybridized carbons (Fsp3) is 0.630. The molecule has 0 saturated heterocycles. The van der Waals surface area contributed by atoms with Gasteiger partial charge < -0.3 is 24.3 Å². The third kappa shape index (κ3) is 4.95. The maximum atomic E-state index is 13.8. The van der Waals surface area contributed by atoms with Gasteiger partial charge in [0.2, 0.25) is 5.91 Å². The van der Waals surface area contributed by atoms with Crippen molar-refractivity contribution in [1.82, 2.24) is 14.8 Å². The Balaban J connectivity index is 1.66. The summed E-state index contributed by atoms with van der Waals surface area (Å²) in [5, 5.41) is 4.29. The zero-order valence-electron chi connectivity index (χ0n) is 21.1. The van der Waals surface area contributed by atoms with Crippen molar-refractivity contribution in [1.29, 1.82) is 0 Å². The molecular formula is C27H39N3O4. The van der Waals surface area contributed by atoms with E-state index in [4.69, 9.17) is 9.47 Å². The van der Waals surface area contributed by atoms with E-state index in [2.05, 4.69) is 5.32 Å². The highest BCUT2D eigenvalue weighted by atomic mass is 16.5. The van der Waals surface area contributed by atoms with Crippen LogP contribution in [0.3, 0.4) is 0 Å². The Morgan fingerprint density at radius 3 is 2.59 bits per heavy atom. The van der Waals surface area contributed by atoms with E-state index >= 15 is 0 Å². The number of hydrogen-bond acceptors (Lipinski definition) is 4. The molecule has 2 amide bonds. The minimum absolute atomic E-state index is 0.0621. The standard InChI is InChI=1S/C27H39N3O4/c1-19(2)34-15-9-14-30-25(31)24-16-20-12-13-22(33-4)17-23(20)29(24)18-27(30,3)26(32)28-21-10-7-5-6-8-11-21/h12-13,16-17,19,21H,5-11,14-15,18H2,1-4H3,(H,28,32). The van der Waals surface area contributed by atoms with Crippen LogP contribution in [-0.4, -0.2) is 59.2 Å². The molecule has 1 saturated carbocycles. The van der Waals surface area contributed by atoms with Gasteiger partial charge in [-0.2, -0.15) is 0 Å².